The van der Waals surface area contributed by atoms with Gasteiger partial charge in [0, 0.05) is 6.42 Å². The fraction of sp³-hybridized carbons (Fsp3) is 0.846. The predicted octanol–water partition coefficient (Wildman–Crippen LogP) is 2.93. The highest BCUT2D eigenvalue weighted by molar-refractivity contribution is 5.94. The van der Waals surface area contributed by atoms with E-state index < -0.39 is 29.8 Å². The van der Waals surface area contributed by atoms with Gasteiger partial charge in [0.15, 0.2) is 0 Å². The first-order chi connectivity index (χ1) is 16.8. The maximum Gasteiger partial charge on any atom is 0.243 e. The third kappa shape index (κ3) is 19.8. The van der Waals surface area contributed by atoms with Crippen LogP contribution < -0.4 is 27.8 Å². The van der Waals surface area contributed by atoms with Crippen molar-refractivity contribution in [1.82, 2.24) is 10.6 Å². The van der Waals surface area contributed by atoms with E-state index in [-0.39, 0.29) is 18.7 Å². The number of hydrogen-bond acceptors (Lipinski definition) is 5. The molecule has 9 heteroatoms. The number of carbonyl (C=O) groups excluding carboxylic acids is 4. The molecule has 0 aliphatic rings. The summed E-state index contributed by atoms with van der Waals surface area (Å²) >= 11 is 0. The van der Waals surface area contributed by atoms with Crippen molar-refractivity contribution in [3.8, 4) is 0 Å². The highest BCUT2D eigenvalue weighted by atomic mass is 16.2. The van der Waals surface area contributed by atoms with E-state index in [1.54, 1.807) is 0 Å². The number of rotatable bonds is 24. The van der Waals surface area contributed by atoms with Gasteiger partial charge in [-0.25, -0.2) is 0 Å². The van der Waals surface area contributed by atoms with Gasteiger partial charge >= 0.3 is 0 Å². The van der Waals surface area contributed by atoms with Gasteiger partial charge in [0.1, 0.15) is 12.1 Å². The predicted molar refractivity (Wildman–Crippen MR) is 140 cm³/mol. The van der Waals surface area contributed by atoms with Gasteiger partial charge in [0.2, 0.25) is 23.6 Å². The molecule has 0 heterocycles. The zero-order valence-corrected chi connectivity index (χ0v) is 22.0. The molecule has 0 bridgehead atoms. The number of amides is 4. The summed E-state index contributed by atoms with van der Waals surface area (Å²) in [6.07, 6.45) is 17.4. The molecule has 0 aliphatic carbocycles. The Morgan fingerprint density at radius 2 is 1.17 bits per heavy atom. The second-order valence-electron chi connectivity index (χ2n) is 9.53. The number of hydrogen-bond donors (Lipinski definition) is 5. The Hall–Kier alpha value is -2.16. The summed E-state index contributed by atoms with van der Waals surface area (Å²) in [5.41, 5.74) is 16.1. The summed E-state index contributed by atoms with van der Waals surface area (Å²) in [6.45, 7) is 2.71. The topological polar surface area (TPSA) is 170 Å². The van der Waals surface area contributed by atoms with Crippen LogP contribution in [0.5, 0.6) is 0 Å². The summed E-state index contributed by atoms with van der Waals surface area (Å²) in [5, 5.41) is 5.11. The van der Waals surface area contributed by atoms with Gasteiger partial charge in [-0.15, -0.1) is 0 Å². The van der Waals surface area contributed by atoms with Gasteiger partial charge in [-0.3, -0.25) is 19.2 Å². The maximum absolute atomic E-state index is 12.6. The molecule has 0 fully saturated rings. The van der Waals surface area contributed by atoms with E-state index in [0.29, 0.717) is 25.8 Å². The summed E-state index contributed by atoms with van der Waals surface area (Å²) in [7, 11) is 0. The molecule has 0 unspecified atom stereocenters. The van der Waals surface area contributed by atoms with Crippen LogP contribution in [-0.4, -0.2) is 42.3 Å². The van der Waals surface area contributed by atoms with E-state index in [4.69, 9.17) is 17.2 Å². The van der Waals surface area contributed by atoms with Gasteiger partial charge in [0.25, 0.3) is 0 Å². The van der Waals surface area contributed by atoms with E-state index in [0.717, 1.165) is 19.3 Å². The third-order valence-electron chi connectivity index (χ3n) is 6.17. The van der Waals surface area contributed by atoms with Crippen LogP contribution in [0, 0.1) is 0 Å². The Morgan fingerprint density at radius 1 is 0.657 bits per heavy atom. The highest BCUT2D eigenvalue weighted by Crippen LogP contribution is 2.13. The van der Waals surface area contributed by atoms with Crippen LogP contribution >= 0.6 is 0 Å². The number of unbranched alkanes of at least 4 members (excludes halogenated alkanes) is 13. The van der Waals surface area contributed by atoms with Crippen molar-refractivity contribution in [1.29, 1.82) is 0 Å². The second kappa shape index (κ2) is 22.3. The normalized spacial score (nSPS) is 12.6. The lowest BCUT2D eigenvalue weighted by atomic mass is 10.0. The molecule has 0 saturated carbocycles. The Morgan fingerprint density at radius 3 is 1.63 bits per heavy atom. The lowest BCUT2D eigenvalue weighted by molar-refractivity contribution is -0.133. The van der Waals surface area contributed by atoms with E-state index >= 15 is 0 Å². The van der Waals surface area contributed by atoms with Gasteiger partial charge in [-0.05, 0) is 32.2 Å². The molecule has 0 aromatic rings. The summed E-state index contributed by atoms with van der Waals surface area (Å²) in [6, 6.07) is -2.01. The molecule has 0 radical (unpaired) electrons. The number of carbonyl (C=O) groups is 4. The first-order valence-electron chi connectivity index (χ1n) is 13.7. The third-order valence-corrected chi connectivity index (χ3v) is 6.17. The minimum absolute atomic E-state index is 0.274. The van der Waals surface area contributed by atoms with Crippen molar-refractivity contribution in [2.45, 2.75) is 135 Å². The standard InChI is InChI=1S/C26H51N5O4/c1-2-3-4-5-6-7-8-9-10-11-12-13-14-18-24(33)30-22(20-23(28)32)26(35)31-21(25(29)34)17-15-16-19-27/h21-22H,2-20,27H2,1H3,(H2,28,32)(H2,29,34)(H,30,33)(H,31,35)/t21-,22-/m0/s1. The molecule has 0 saturated heterocycles. The maximum atomic E-state index is 12.6. The summed E-state index contributed by atoms with van der Waals surface area (Å²) in [5.74, 6) is -2.34. The first kappa shape index (κ1) is 32.8. The SMILES string of the molecule is CCCCCCCCCCCCCCCC(=O)N[C@@H](CC(N)=O)C(=O)N[C@@H](CCCCN)C(N)=O. The molecule has 8 N–H and O–H groups in total. The minimum atomic E-state index is -1.13. The van der Waals surface area contributed by atoms with Crippen LogP contribution in [0.15, 0.2) is 0 Å². The van der Waals surface area contributed by atoms with Gasteiger partial charge < -0.3 is 27.8 Å². The monoisotopic (exact) mass is 497 g/mol. The van der Waals surface area contributed by atoms with Gasteiger partial charge in [-0.2, -0.15) is 0 Å². The van der Waals surface area contributed by atoms with Gasteiger partial charge in [-0.1, -0.05) is 84.0 Å². The van der Waals surface area contributed by atoms with Crippen molar-refractivity contribution in [2.75, 3.05) is 6.54 Å². The molecular formula is C26H51N5O4. The Kier molecular flexibility index (Phi) is 20.9. The molecule has 35 heavy (non-hydrogen) atoms. The van der Waals surface area contributed by atoms with E-state index in [2.05, 4.69) is 17.6 Å². The second-order valence-corrected chi connectivity index (χ2v) is 9.53. The molecule has 9 nitrogen and oxygen atoms in total. The van der Waals surface area contributed by atoms with Crippen LogP contribution in [0.2, 0.25) is 0 Å². The van der Waals surface area contributed by atoms with Crippen LogP contribution in [0.4, 0.5) is 0 Å². The molecule has 2 atom stereocenters. The molecule has 0 aromatic heterocycles. The lowest BCUT2D eigenvalue weighted by Crippen LogP contribution is -2.53. The molecule has 0 spiro atoms. The van der Waals surface area contributed by atoms with Crippen molar-refractivity contribution in [3.05, 3.63) is 0 Å². The number of nitrogens with one attached hydrogen (secondary N) is 2. The van der Waals surface area contributed by atoms with Gasteiger partial charge in [0.05, 0.1) is 6.42 Å². The van der Waals surface area contributed by atoms with Crippen molar-refractivity contribution < 1.29 is 19.2 Å². The molecule has 204 valence electrons. The van der Waals surface area contributed by atoms with Crippen LogP contribution in [-0.2, 0) is 19.2 Å². The summed E-state index contributed by atoms with van der Waals surface area (Å²) in [4.78, 5) is 47.9. The van der Waals surface area contributed by atoms with Crippen molar-refractivity contribution in [3.63, 3.8) is 0 Å². The molecule has 0 aliphatic heterocycles. The van der Waals surface area contributed by atoms with E-state index in [1.165, 1.54) is 64.2 Å². The van der Waals surface area contributed by atoms with Crippen molar-refractivity contribution in [2.24, 2.45) is 17.2 Å². The van der Waals surface area contributed by atoms with Crippen molar-refractivity contribution >= 4 is 23.6 Å². The fourth-order valence-electron chi connectivity index (χ4n) is 4.03. The molecular weight excluding hydrogens is 446 g/mol. The van der Waals surface area contributed by atoms with E-state index in [1.807, 2.05) is 0 Å². The number of primary amides is 2. The highest BCUT2D eigenvalue weighted by Gasteiger charge is 2.26. The summed E-state index contributed by atoms with van der Waals surface area (Å²) < 4.78 is 0. The van der Waals surface area contributed by atoms with Crippen LogP contribution in [0.3, 0.4) is 0 Å². The Labute approximate surface area is 212 Å². The zero-order chi connectivity index (χ0) is 26.3. The molecule has 0 rings (SSSR count). The van der Waals surface area contributed by atoms with Crippen LogP contribution in [0.1, 0.15) is 122 Å². The zero-order valence-electron chi connectivity index (χ0n) is 22.0. The quantitative estimate of drug-likeness (QED) is 0.129. The average molecular weight is 498 g/mol. The Balaban J connectivity index is 4.16. The van der Waals surface area contributed by atoms with E-state index in [9.17, 15) is 19.2 Å². The smallest absolute Gasteiger partial charge is 0.243 e. The largest absolute Gasteiger partial charge is 0.370 e. The fourth-order valence-corrected chi connectivity index (χ4v) is 4.03. The number of nitrogens with two attached hydrogens (primary N) is 3. The molecule has 4 amide bonds. The Bertz CT molecular complexity index is 600. The lowest BCUT2D eigenvalue weighted by Gasteiger charge is -2.21. The van der Waals surface area contributed by atoms with Crippen LogP contribution in [0.25, 0.3) is 0 Å². The minimum Gasteiger partial charge on any atom is -0.370 e. The molecule has 0 aromatic carbocycles. The first-order valence-corrected chi connectivity index (χ1v) is 13.7. The average Bonchev–Trinajstić information content (AvgIpc) is 2.80.